The second kappa shape index (κ2) is 15.2. The van der Waals surface area contributed by atoms with Gasteiger partial charge in [-0.25, -0.2) is 0 Å². The van der Waals surface area contributed by atoms with Crippen LogP contribution in [0.25, 0.3) is 11.1 Å². The maximum atomic E-state index is 13.3. The summed E-state index contributed by atoms with van der Waals surface area (Å²) in [6.07, 6.45) is 3.35. The number of methoxy groups -OCH3 is 1. The van der Waals surface area contributed by atoms with Gasteiger partial charge in [0.1, 0.15) is 6.04 Å². The van der Waals surface area contributed by atoms with E-state index < -0.39 is 6.04 Å². The van der Waals surface area contributed by atoms with Crippen LogP contribution in [0.15, 0.2) is 78.9 Å². The van der Waals surface area contributed by atoms with E-state index in [2.05, 4.69) is 60.0 Å². The zero-order valence-electron chi connectivity index (χ0n) is 24.1. The van der Waals surface area contributed by atoms with Crippen molar-refractivity contribution in [1.29, 1.82) is 0 Å². The van der Waals surface area contributed by atoms with E-state index in [1.807, 2.05) is 57.2 Å². The molecule has 3 aromatic rings. The molecule has 3 atom stereocenters. The van der Waals surface area contributed by atoms with Gasteiger partial charge in [-0.15, -0.1) is 0 Å². The van der Waals surface area contributed by atoms with Crippen LogP contribution in [0.1, 0.15) is 62.8 Å². The predicted molar refractivity (Wildman–Crippen MR) is 159 cm³/mol. The smallest absolute Gasteiger partial charge is 0.243 e. The molecule has 2 amide bonds. The molecule has 0 aliphatic heterocycles. The molecule has 39 heavy (non-hydrogen) atoms. The summed E-state index contributed by atoms with van der Waals surface area (Å²) in [6.45, 7) is 8.47. The van der Waals surface area contributed by atoms with Crippen LogP contribution in [0, 0.1) is 18.8 Å². The van der Waals surface area contributed by atoms with Gasteiger partial charge in [0.05, 0.1) is 12.6 Å². The minimum atomic E-state index is -0.609. The number of nitrogens with one attached hydrogen (secondary N) is 2. The van der Waals surface area contributed by atoms with Crippen LogP contribution in [-0.2, 0) is 20.7 Å². The third-order valence-electron chi connectivity index (χ3n) is 7.36. The maximum Gasteiger partial charge on any atom is 0.243 e. The molecular formula is C34H44N2O3. The SMILES string of the molecule is CC[C@H](CCCc1ccc(-c2ccccc2)c(C)c1)C(=O)N[C@H](C(=O)N[C@H](COC)c1ccccc1)C(C)C. The number of hydrogen-bond acceptors (Lipinski definition) is 3. The van der Waals surface area contributed by atoms with Crippen LogP contribution in [0.3, 0.4) is 0 Å². The Labute approximate surface area is 234 Å². The number of aryl methyl sites for hydroxylation is 2. The Hall–Kier alpha value is -3.44. The summed E-state index contributed by atoms with van der Waals surface area (Å²) in [5.74, 6) is -0.415. The van der Waals surface area contributed by atoms with Crippen molar-refractivity contribution in [2.75, 3.05) is 13.7 Å². The normalized spacial score (nSPS) is 13.5. The van der Waals surface area contributed by atoms with Gasteiger partial charge in [-0.1, -0.05) is 99.6 Å². The minimum Gasteiger partial charge on any atom is -0.382 e. The lowest BCUT2D eigenvalue weighted by atomic mass is 9.93. The molecule has 0 fully saturated rings. The monoisotopic (exact) mass is 528 g/mol. The van der Waals surface area contributed by atoms with Gasteiger partial charge in [0.2, 0.25) is 11.8 Å². The summed E-state index contributed by atoms with van der Waals surface area (Å²) in [6, 6.07) is 26.0. The van der Waals surface area contributed by atoms with Crippen molar-refractivity contribution in [3.63, 3.8) is 0 Å². The Balaban J connectivity index is 1.57. The molecule has 0 radical (unpaired) electrons. The van der Waals surface area contributed by atoms with E-state index in [1.165, 1.54) is 22.3 Å². The van der Waals surface area contributed by atoms with Gasteiger partial charge in [-0.3, -0.25) is 9.59 Å². The third kappa shape index (κ3) is 8.79. The van der Waals surface area contributed by atoms with Gasteiger partial charge in [0.25, 0.3) is 0 Å². The van der Waals surface area contributed by atoms with Gasteiger partial charge < -0.3 is 15.4 Å². The largest absolute Gasteiger partial charge is 0.382 e. The highest BCUT2D eigenvalue weighted by Gasteiger charge is 2.29. The first kappa shape index (κ1) is 30.1. The average Bonchev–Trinajstić information content (AvgIpc) is 2.94. The molecule has 0 aromatic heterocycles. The molecule has 5 nitrogen and oxygen atoms in total. The van der Waals surface area contributed by atoms with E-state index in [9.17, 15) is 9.59 Å². The molecule has 0 bridgehead atoms. The summed E-state index contributed by atoms with van der Waals surface area (Å²) >= 11 is 0. The third-order valence-corrected chi connectivity index (χ3v) is 7.36. The van der Waals surface area contributed by atoms with E-state index in [-0.39, 0.29) is 29.7 Å². The Morgan fingerprint density at radius 3 is 2.13 bits per heavy atom. The first-order chi connectivity index (χ1) is 18.8. The van der Waals surface area contributed by atoms with Gasteiger partial charge in [-0.05, 0) is 66.3 Å². The van der Waals surface area contributed by atoms with E-state index in [4.69, 9.17) is 4.74 Å². The fourth-order valence-electron chi connectivity index (χ4n) is 5.04. The molecule has 0 saturated heterocycles. The van der Waals surface area contributed by atoms with E-state index >= 15 is 0 Å². The highest BCUT2D eigenvalue weighted by Crippen LogP contribution is 2.25. The van der Waals surface area contributed by atoms with Gasteiger partial charge >= 0.3 is 0 Å². The number of ether oxygens (including phenoxy) is 1. The molecule has 208 valence electrons. The summed E-state index contributed by atoms with van der Waals surface area (Å²) in [5, 5.41) is 6.14. The van der Waals surface area contributed by atoms with Crippen LogP contribution < -0.4 is 10.6 Å². The second-order valence-electron chi connectivity index (χ2n) is 10.7. The zero-order chi connectivity index (χ0) is 28.2. The van der Waals surface area contributed by atoms with Gasteiger partial charge in [-0.2, -0.15) is 0 Å². The topological polar surface area (TPSA) is 67.4 Å². The van der Waals surface area contributed by atoms with E-state index in [0.29, 0.717) is 6.61 Å². The lowest BCUT2D eigenvalue weighted by molar-refractivity contribution is -0.132. The molecule has 0 saturated carbocycles. The molecule has 2 N–H and O–H groups in total. The summed E-state index contributed by atoms with van der Waals surface area (Å²) < 4.78 is 5.35. The fourth-order valence-corrected chi connectivity index (χ4v) is 5.04. The average molecular weight is 529 g/mol. The number of amides is 2. The Bertz CT molecular complexity index is 1180. The quantitative estimate of drug-likeness (QED) is 0.246. The second-order valence-corrected chi connectivity index (χ2v) is 10.7. The van der Waals surface area contributed by atoms with Gasteiger partial charge in [0.15, 0.2) is 0 Å². The fraction of sp³-hybridized carbons (Fsp3) is 0.412. The van der Waals surface area contributed by atoms with E-state index in [1.54, 1.807) is 7.11 Å². The van der Waals surface area contributed by atoms with Crippen molar-refractivity contribution in [3.05, 3.63) is 95.6 Å². The molecule has 0 unspecified atom stereocenters. The molecule has 3 aromatic carbocycles. The Morgan fingerprint density at radius 1 is 0.872 bits per heavy atom. The number of rotatable bonds is 14. The summed E-state index contributed by atoms with van der Waals surface area (Å²) in [7, 11) is 1.62. The Morgan fingerprint density at radius 2 is 1.54 bits per heavy atom. The standard InChI is InChI=1S/C34H44N2O3/c1-6-27(19-13-14-26-20-21-30(25(4)22-26)28-15-9-7-10-16-28)33(37)36-32(24(2)3)34(38)35-31(23-39-5)29-17-11-8-12-18-29/h7-12,15-18,20-22,24,27,31-32H,6,13-14,19,23H2,1-5H3,(H,35,38)(H,36,37)/t27-,31-,32+/m1/s1. The van der Waals surface area contributed by atoms with Gasteiger partial charge in [0, 0.05) is 13.0 Å². The Kier molecular flexibility index (Phi) is 11.8. The molecule has 3 rings (SSSR count). The van der Waals surface area contributed by atoms with Crippen molar-refractivity contribution < 1.29 is 14.3 Å². The first-order valence-corrected chi connectivity index (χ1v) is 14.1. The maximum absolute atomic E-state index is 13.3. The first-order valence-electron chi connectivity index (χ1n) is 14.1. The molecule has 0 spiro atoms. The number of benzene rings is 3. The number of hydrogen-bond donors (Lipinski definition) is 2. The highest BCUT2D eigenvalue weighted by molar-refractivity contribution is 5.89. The predicted octanol–water partition coefficient (Wildman–Crippen LogP) is 6.66. The molecular weight excluding hydrogens is 484 g/mol. The molecule has 0 heterocycles. The van der Waals surface area contributed by atoms with Crippen molar-refractivity contribution >= 4 is 11.8 Å². The van der Waals surface area contributed by atoms with Crippen LogP contribution in [0.5, 0.6) is 0 Å². The lowest BCUT2D eigenvalue weighted by Gasteiger charge is -2.27. The summed E-state index contributed by atoms with van der Waals surface area (Å²) in [5.41, 5.74) is 6.00. The van der Waals surface area contributed by atoms with Crippen molar-refractivity contribution in [2.24, 2.45) is 11.8 Å². The number of carbonyl (C=O) groups is 2. The zero-order valence-corrected chi connectivity index (χ0v) is 24.1. The lowest BCUT2D eigenvalue weighted by Crippen LogP contribution is -2.52. The highest BCUT2D eigenvalue weighted by atomic mass is 16.5. The van der Waals surface area contributed by atoms with Crippen LogP contribution >= 0.6 is 0 Å². The number of carbonyl (C=O) groups excluding carboxylic acids is 2. The van der Waals surface area contributed by atoms with Crippen molar-refractivity contribution in [1.82, 2.24) is 10.6 Å². The van der Waals surface area contributed by atoms with Crippen molar-refractivity contribution in [3.8, 4) is 11.1 Å². The van der Waals surface area contributed by atoms with Crippen LogP contribution in [0.2, 0.25) is 0 Å². The van der Waals surface area contributed by atoms with Crippen molar-refractivity contribution in [2.45, 2.75) is 65.5 Å². The summed E-state index contributed by atoms with van der Waals surface area (Å²) in [4.78, 5) is 26.5. The van der Waals surface area contributed by atoms with Crippen LogP contribution in [-0.4, -0.2) is 31.6 Å². The van der Waals surface area contributed by atoms with E-state index in [0.717, 1.165) is 31.2 Å². The minimum absolute atomic E-state index is 0.0449. The van der Waals surface area contributed by atoms with Crippen LogP contribution in [0.4, 0.5) is 0 Å². The molecule has 0 aliphatic carbocycles. The molecule has 0 aliphatic rings. The molecule has 5 heteroatoms.